The number of ether oxygens (including phenoxy) is 2. The first-order valence-corrected chi connectivity index (χ1v) is 11.1. The van der Waals surface area contributed by atoms with Gasteiger partial charge in [0.2, 0.25) is 0 Å². The van der Waals surface area contributed by atoms with Crippen LogP contribution in [-0.4, -0.2) is 49.0 Å². The lowest BCUT2D eigenvalue weighted by atomic mass is 9.93. The summed E-state index contributed by atoms with van der Waals surface area (Å²) >= 11 is 6.21. The van der Waals surface area contributed by atoms with Crippen LogP contribution in [0, 0.1) is 23.7 Å². The van der Waals surface area contributed by atoms with Crippen molar-refractivity contribution >= 4 is 23.4 Å². The highest BCUT2D eigenvalue weighted by molar-refractivity contribution is 6.29. The zero-order valence-corrected chi connectivity index (χ0v) is 19.1. The van der Waals surface area contributed by atoms with E-state index >= 15 is 0 Å². The largest absolute Gasteiger partial charge is 0.444 e. The van der Waals surface area contributed by atoms with Gasteiger partial charge in [-0.1, -0.05) is 30.4 Å². The molecule has 2 aliphatic rings. The molecule has 2 atom stereocenters. The second-order valence-electron chi connectivity index (χ2n) is 9.14. The van der Waals surface area contributed by atoms with E-state index in [1.165, 1.54) is 0 Å². The minimum atomic E-state index is -0.521. The minimum Gasteiger partial charge on any atom is -0.444 e. The summed E-state index contributed by atoms with van der Waals surface area (Å²) in [7, 11) is 0. The van der Waals surface area contributed by atoms with Crippen molar-refractivity contribution in [1.82, 2.24) is 10.3 Å². The van der Waals surface area contributed by atoms with Crippen LogP contribution in [0.4, 0.5) is 10.5 Å². The molecule has 7 heteroatoms. The van der Waals surface area contributed by atoms with Gasteiger partial charge in [-0.3, -0.25) is 0 Å². The molecule has 0 bridgehead atoms. The molecule has 30 heavy (non-hydrogen) atoms. The molecule has 164 valence electrons. The van der Waals surface area contributed by atoms with Crippen molar-refractivity contribution < 1.29 is 14.3 Å². The number of carbonyl (C=O) groups excluding carboxylic acids is 1. The van der Waals surface area contributed by atoms with Crippen LogP contribution in [0.25, 0.3) is 0 Å². The highest BCUT2D eigenvalue weighted by Crippen LogP contribution is 2.28. The van der Waals surface area contributed by atoms with E-state index in [0.29, 0.717) is 23.5 Å². The summed E-state index contributed by atoms with van der Waals surface area (Å²) in [5.41, 5.74) is 1.32. The van der Waals surface area contributed by atoms with Crippen LogP contribution < -0.4 is 10.2 Å². The maximum absolute atomic E-state index is 12.3. The Morgan fingerprint density at radius 2 is 2.07 bits per heavy atom. The molecule has 3 rings (SSSR count). The molecular formula is C23H32ClN3O3. The minimum absolute atomic E-state index is 0.0168. The monoisotopic (exact) mass is 433 g/mol. The molecule has 1 aromatic rings. The first-order chi connectivity index (χ1) is 14.2. The summed E-state index contributed by atoms with van der Waals surface area (Å²) < 4.78 is 10.9. The maximum Gasteiger partial charge on any atom is 0.407 e. The highest BCUT2D eigenvalue weighted by Gasteiger charge is 2.30. The molecule has 0 aromatic carbocycles. The molecule has 1 aromatic heterocycles. The molecule has 2 fully saturated rings. The molecule has 0 aliphatic carbocycles. The Kier molecular flexibility index (Phi) is 7.49. The van der Waals surface area contributed by atoms with Crippen LogP contribution in [0.3, 0.4) is 0 Å². The van der Waals surface area contributed by atoms with Gasteiger partial charge in [-0.2, -0.15) is 0 Å². The number of piperidine rings is 1. The van der Waals surface area contributed by atoms with Gasteiger partial charge in [0.05, 0.1) is 17.3 Å². The lowest BCUT2D eigenvalue weighted by Crippen LogP contribution is -2.53. The van der Waals surface area contributed by atoms with Gasteiger partial charge in [0, 0.05) is 44.5 Å². The van der Waals surface area contributed by atoms with Gasteiger partial charge in [-0.05, 0) is 46.0 Å². The van der Waals surface area contributed by atoms with Crippen LogP contribution >= 0.6 is 11.6 Å². The van der Waals surface area contributed by atoms with E-state index in [1.807, 2.05) is 26.8 Å². The van der Waals surface area contributed by atoms with Gasteiger partial charge in [0.1, 0.15) is 10.8 Å². The molecule has 0 saturated carbocycles. The number of hydrogen-bond donors (Lipinski definition) is 1. The number of aromatic nitrogens is 1. The fourth-order valence-electron chi connectivity index (χ4n) is 3.73. The number of rotatable bonds is 2. The van der Waals surface area contributed by atoms with Crippen molar-refractivity contribution in [3.8, 4) is 11.8 Å². The van der Waals surface area contributed by atoms with Gasteiger partial charge in [0.15, 0.2) is 0 Å². The molecule has 3 heterocycles. The fraction of sp³-hybridized carbons (Fsp3) is 0.652. The topological polar surface area (TPSA) is 63.7 Å². The second kappa shape index (κ2) is 9.89. The zero-order valence-electron chi connectivity index (χ0n) is 18.3. The van der Waals surface area contributed by atoms with E-state index in [9.17, 15) is 4.79 Å². The third-order valence-corrected chi connectivity index (χ3v) is 5.69. The number of halogens is 1. The van der Waals surface area contributed by atoms with Crippen LogP contribution in [0.1, 0.15) is 52.5 Å². The Morgan fingerprint density at radius 3 is 2.77 bits per heavy atom. The Hall–Kier alpha value is -1.97. The standard InChI is InChI=1S/C23H32ClN3O3/c1-16-7-10-27(15-19(16)26-22(28)30-23(2,3)4)20-13-21(24)25-14-18(20)6-5-17-8-11-29-12-9-17/h13-14,16-17,19H,7-12,15H2,1-4H3,(H,26,28)/t16-,19-/m1/s1. The zero-order chi connectivity index (χ0) is 21.7. The molecule has 1 N–H and O–H groups in total. The lowest BCUT2D eigenvalue weighted by molar-refractivity contribution is 0.0483. The number of pyridine rings is 1. The summed E-state index contributed by atoms with van der Waals surface area (Å²) in [5, 5.41) is 3.48. The molecular weight excluding hydrogens is 402 g/mol. The van der Waals surface area contributed by atoms with Gasteiger partial charge >= 0.3 is 6.09 Å². The van der Waals surface area contributed by atoms with Crippen molar-refractivity contribution in [2.24, 2.45) is 11.8 Å². The van der Waals surface area contributed by atoms with Crippen molar-refractivity contribution in [3.63, 3.8) is 0 Å². The van der Waals surface area contributed by atoms with E-state index in [4.69, 9.17) is 21.1 Å². The number of nitrogens with zero attached hydrogens (tertiary/aromatic N) is 2. The normalized spacial score (nSPS) is 22.8. The van der Waals surface area contributed by atoms with Gasteiger partial charge < -0.3 is 19.7 Å². The number of alkyl carbamates (subject to hydrolysis) is 1. The number of amides is 1. The second-order valence-corrected chi connectivity index (χ2v) is 9.53. The molecule has 6 nitrogen and oxygen atoms in total. The van der Waals surface area contributed by atoms with Crippen LogP contribution in [0.15, 0.2) is 12.3 Å². The SMILES string of the molecule is C[C@@H]1CCN(c2cc(Cl)ncc2C#CC2CCOCC2)C[C@H]1NC(=O)OC(C)(C)C. The van der Waals surface area contributed by atoms with Crippen molar-refractivity contribution in [2.75, 3.05) is 31.2 Å². The predicted molar refractivity (Wildman–Crippen MR) is 119 cm³/mol. The molecule has 2 saturated heterocycles. The van der Waals surface area contributed by atoms with Crippen LogP contribution in [-0.2, 0) is 9.47 Å². The first-order valence-electron chi connectivity index (χ1n) is 10.7. The summed E-state index contributed by atoms with van der Waals surface area (Å²) in [6.07, 6.45) is 4.25. The number of hydrogen-bond acceptors (Lipinski definition) is 5. The Bertz CT molecular complexity index is 806. The number of nitrogens with one attached hydrogen (secondary N) is 1. The third-order valence-electron chi connectivity index (χ3n) is 5.48. The number of anilines is 1. The molecule has 1 amide bonds. The summed E-state index contributed by atoms with van der Waals surface area (Å²) in [5.74, 6) is 7.41. The summed E-state index contributed by atoms with van der Waals surface area (Å²) in [4.78, 5) is 18.8. The quantitative estimate of drug-likeness (QED) is 0.558. The van der Waals surface area contributed by atoms with E-state index in [0.717, 1.165) is 50.3 Å². The van der Waals surface area contributed by atoms with Crippen molar-refractivity contribution in [2.45, 2.75) is 58.6 Å². The fourth-order valence-corrected chi connectivity index (χ4v) is 3.89. The first kappa shape index (κ1) is 22.7. The highest BCUT2D eigenvalue weighted by atomic mass is 35.5. The molecule has 2 aliphatic heterocycles. The van der Waals surface area contributed by atoms with Crippen molar-refractivity contribution in [3.05, 3.63) is 23.0 Å². The smallest absolute Gasteiger partial charge is 0.407 e. The van der Waals surface area contributed by atoms with E-state index in [-0.39, 0.29) is 12.1 Å². The predicted octanol–water partition coefficient (Wildman–Crippen LogP) is 4.25. The summed E-state index contributed by atoms with van der Waals surface area (Å²) in [6, 6.07) is 1.85. The van der Waals surface area contributed by atoms with Crippen LogP contribution in [0.2, 0.25) is 5.15 Å². The molecule has 0 spiro atoms. The van der Waals surface area contributed by atoms with E-state index in [2.05, 4.69) is 34.0 Å². The Morgan fingerprint density at radius 1 is 1.33 bits per heavy atom. The van der Waals surface area contributed by atoms with Gasteiger partial charge in [-0.25, -0.2) is 9.78 Å². The summed E-state index contributed by atoms with van der Waals surface area (Å²) in [6.45, 7) is 10.8. The maximum atomic E-state index is 12.3. The molecule has 0 unspecified atom stereocenters. The number of carbonyl (C=O) groups is 1. The van der Waals surface area contributed by atoms with Crippen molar-refractivity contribution in [1.29, 1.82) is 0 Å². The van der Waals surface area contributed by atoms with Gasteiger partial charge in [-0.15, -0.1) is 0 Å². The van der Waals surface area contributed by atoms with Gasteiger partial charge in [0.25, 0.3) is 0 Å². The average molecular weight is 434 g/mol. The lowest BCUT2D eigenvalue weighted by Gasteiger charge is -2.39. The van der Waals surface area contributed by atoms with E-state index in [1.54, 1.807) is 6.20 Å². The molecule has 0 radical (unpaired) electrons. The van der Waals surface area contributed by atoms with Crippen LogP contribution in [0.5, 0.6) is 0 Å². The third kappa shape index (κ3) is 6.52. The van der Waals surface area contributed by atoms with E-state index < -0.39 is 5.60 Å². The average Bonchev–Trinajstić information content (AvgIpc) is 2.68. The Labute approximate surface area is 184 Å². The Balaban J connectivity index is 1.75.